The number of nitrogens with two attached hydrogens (primary N) is 2. The summed E-state index contributed by atoms with van der Waals surface area (Å²) in [6.07, 6.45) is 4.79. The van der Waals surface area contributed by atoms with Crippen LogP contribution in [0.4, 0.5) is 0 Å². The van der Waals surface area contributed by atoms with Crippen molar-refractivity contribution in [3.63, 3.8) is 0 Å². The molecule has 0 bridgehead atoms. The van der Waals surface area contributed by atoms with Crippen LogP contribution in [0.3, 0.4) is 0 Å². The average molecular weight is 178 g/mol. The molecule has 0 aromatic rings. The molecule has 12 heavy (non-hydrogen) atoms. The maximum absolute atomic E-state index is 5.28. The molecule has 0 unspecified atom stereocenters. The van der Waals surface area contributed by atoms with Crippen LogP contribution >= 0.6 is 0 Å². The van der Waals surface area contributed by atoms with Gasteiger partial charge in [-0.3, -0.25) is 0 Å². The maximum Gasteiger partial charge on any atom is -0.00773 e. The molecule has 4 heteroatoms. The largest absolute Gasteiger partial charge is 0.344 e. The highest BCUT2D eigenvalue weighted by Crippen LogP contribution is 1.95. The van der Waals surface area contributed by atoms with Gasteiger partial charge in [-0.1, -0.05) is 12.8 Å². The van der Waals surface area contributed by atoms with E-state index < -0.39 is 0 Å². The van der Waals surface area contributed by atoms with Gasteiger partial charge in [0.05, 0.1) is 0 Å². The molecule has 0 aromatic carbocycles. The summed E-state index contributed by atoms with van der Waals surface area (Å²) in [5, 5.41) is 0. The maximum atomic E-state index is 5.28. The second-order valence-corrected chi connectivity index (χ2v) is 1.99. The van der Waals surface area contributed by atoms with Crippen LogP contribution in [0.25, 0.3) is 0 Å². The van der Waals surface area contributed by atoms with E-state index in [4.69, 9.17) is 11.5 Å². The van der Waals surface area contributed by atoms with Crippen LogP contribution in [0.5, 0.6) is 0 Å². The molecule has 0 aromatic heterocycles. The third-order valence-corrected chi connectivity index (χ3v) is 1.16. The zero-order valence-electron chi connectivity index (χ0n) is 8.23. The first-order valence-electron chi connectivity index (χ1n) is 3.82. The lowest BCUT2D eigenvalue weighted by Crippen LogP contribution is -2.00. The Labute approximate surface area is 76.6 Å². The van der Waals surface area contributed by atoms with Crippen molar-refractivity contribution in [3.05, 3.63) is 13.2 Å². The van der Waals surface area contributed by atoms with Crippen LogP contribution in [0.15, 0.2) is 13.2 Å². The molecule has 0 atom stereocenters. The molecule has 0 aliphatic rings. The Bertz CT molecular complexity index is 44.3. The Balaban J connectivity index is -0.0000000740. The summed E-state index contributed by atoms with van der Waals surface area (Å²) in [7, 11) is 0. The summed E-state index contributed by atoms with van der Waals surface area (Å²) in [6, 6.07) is 0. The van der Waals surface area contributed by atoms with Crippen molar-refractivity contribution in [3.8, 4) is 0 Å². The zero-order chi connectivity index (χ0) is 8.24. The Kier molecular flexibility index (Phi) is 58.6. The standard InChI is InChI=1S/C6H16N2.C2H4.2H3N/c7-5-3-1-2-4-6-8;1-2;;/h1-8H2;1-2H2;2*1H3. The fourth-order valence-corrected chi connectivity index (χ4v) is 0.642. The first kappa shape index (κ1) is 22.6. The van der Waals surface area contributed by atoms with Crippen molar-refractivity contribution in [2.75, 3.05) is 13.1 Å². The van der Waals surface area contributed by atoms with Crippen molar-refractivity contribution in [2.24, 2.45) is 11.5 Å². The van der Waals surface area contributed by atoms with E-state index in [9.17, 15) is 0 Å². The minimum absolute atomic E-state index is 0. The van der Waals surface area contributed by atoms with Gasteiger partial charge in [0, 0.05) is 0 Å². The van der Waals surface area contributed by atoms with Crippen LogP contribution in [-0.4, -0.2) is 13.1 Å². The van der Waals surface area contributed by atoms with E-state index >= 15 is 0 Å². The van der Waals surface area contributed by atoms with E-state index in [-0.39, 0.29) is 12.3 Å². The van der Waals surface area contributed by atoms with Crippen molar-refractivity contribution in [2.45, 2.75) is 25.7 Å². The van der Waals surface area contributed by atoms with E-state index in [1.807, 2.05) is 0 Å². The fourth-order valence-electron chi connectivity index (χ4n) is 0.642. The van der Waals surface area contributed by atoms with Gasteiger partial charge in [-0.15, -0.1) is 13.2 Å². The molecule has 0 spiro atoms. The highest BCUT2D eigenvalue weighted by molar-refractivity contribution is 4.43. The molecule has 0 amide bonds. The van der Waals surface area contributed by atoms with Crippen LogP contribution in [0, 0.1) is 0 Å². The van der Waals surface area contributed by atoms with Gasteiger partial charge in [0.15, 0.2) is 0 Å². The third-order valence-electron chi connectivity index (χ3n) is 1.16. The summed E-state index contributed by atoms with van der Waals surface area (Å²) in [4.78, 5) is 0. The van der Waals surface area contributed by atoms with Crippen molar-refractivity contribution in [1.29, 1.82) is 0 Å². The summed E-state index contributed by atoms with van der Waals surface area (Å²) in [5.41, 5.74) is 10.6. The molecule has 0 heterocycles. The molecule has 0 rings (SSSR count). The van der Waals surface area contributed by atoms with Crippen molar-refractivity contribution < 1.29 is 0 Å². The summed E-state index contributed by atoms with van der Waals surface area (Å²) < 4.78 is 0. The number of hydrogen-bond donors (Lipinski definition) is 4. The minimum Gasteiger partial charge on any atom is -0.344 e. The molecule has 78 valence electrons. The monoisotopic (exact) mass is 178 g/mol. The number of rotatable bonds is 5. The molecule has 10 N–H and O–H groups in total. The predicted molar refractivity (Wildman–Crippen MR) is 57.9 cm³/mol. The molecule has 0 saturated carbocycles. The van der Waals surface area contributed by atoms with Crippen molar-refractivity contribution in [1.82, 2.24) is 12.3 Å². The van der Waals surface area contributed by atoms with Crippen LogP contribution in [-0.2, 0) is 0 Å². The topological polar surface area (TPSA) is 122 Å². The molecule has 0 fully saturated rings. The van der Waals surface area contributed by atoms with E-state index in [1.54, 1.807) is 0 Å². The van der Waals surface area contributed by atoms with Gasteiger partial charge in [0.1, 0.15) is 0 Å². The van der Waals surface area contributed by atoms with E-state index in [1.165, 1.54) is 12.8 Å². The Hall–Kier alpha value is -0.420. The van der Waals surface area contributed by atoms with Gasteiger partial charge >= 0.3 is 0 Å². The molecule has 0 aliphatic heterocycles. The normalized spacial score (nSPS) is 6.83. The lowest BCUT2D eigenvalue weighted by molar-refractivity contribution is 0.653. The van der Waals surface area contributed by atoms with Gasteiger partial charge in [-0.2, -0.15) is 0 Å². The fraction of sp³-hybridized carbons (Fsp3) is 0.750. The summed E-state index contributed by atoms with van der Waals surface area (Å²) in [5.74, 6) is 0. The smallest absolute Gasteiger partial charge is 0.00773 e. The molecule has 4 nitrogen and oxygen atoms in total. The second-order valence-electron chi connectivity index (χ2n) is 1.99. The highest BCUT2D eigenvalue weighted by Gasteiger charge is 1.83. The van der Waals surface area contributed by atoms with Crippen LogP contribution < -0.4 is 23.8 Å². The molecule has 0 saturated heterocycles. The number of unbranched alkanes of at least 4 members (excludes halogenated alkanes) is 3. The average Bonchev–Trinajstić information content (AvgIpc) is 2.02. The lowest BCUT2D eigenvalue weighted by Gasteiger charge is -1.94. The van der Waals surface area contributed by atoms with E-state index in [2.05, 4.69) is 13.2 Å². The van der Waals surface area contributed by atoms with Crippen LogP contribution in [0.2, 0.25) is 0 Å². The quantitative estimate of drug-likeness (QED) is 0.377. The van der Waals surface area contributed by atoms with Crippen molar-refractivity contribution >= 4 is 0 Å². The van der Waals surface area contributed by atoms with Crippen LogP contribution in [0.1, 0.15) is 25.7 Å². The van der Waals surface area contributed by atoms with E-state index in [0.717, 1.165) is 25.9 Å². The van der Waals surface area contributed by atoms with Gasteiger partial charge < -0.3 is 23.8 Å². The van der Waals surface area contributed by atoms with Gasteiger partial charge in [0.2, 0.25) is 0 Å². The second kappa shape index (κ2) is 31.2. The lowest BCUT2D eigenvalue weighted by atomic mass is 10.2. The third kappa shape index (κ3) is 33.6. The van der Waals surface area contributed by atoms with Gasteiger partial charge in [-0.25, -0.2) is 0 Å². The predicted octanol–water partition coefficient (Wildman–Crippen LogP) is 1.59. The van der Waals surface area contributed by atoms with Gasteiger partial charge in [0.25, 0.3) is 0 Å². The van der Waals surface area contributed by atoms with E-state index in [0.29, 0.717) is 0 Å². The SMILES string of the molecule is C=C.N.N.NCCCCCCN. The highest BCUT2D eigenvalue weighted by atomic mass is 14.5. The zero-order valence-corrected chi connectivity index (χ0v) is 8.23. The molecule has 0 aliphatic carbocycles. The minimum atomic E-state index is 0. The summed E-state index contributed by atoms with van der Waals surface area (Å²) in [6.45, 7) is 7.65. The Morgan fingerprint density at radius 3 is 1.08 bits per heavy atom. The first-order valence-corrected chi connectivity index (χ1v) is 3.82. The Morgan fingerprint density at radius 2 is 0.917 bits per heavy atom. The van der Waals surface area contributed by atoms with Gasteiger partial charge in [-0.05, 0) is 25.9 Å². The molecular formula is C8H26N4. The first-order chi connectivity index (χ1) is 4.91. The Morgan fingerprint density at radius 1 is 0.667 bits per heavy atom. The number of hydrogen-bond acceptors (Lipinski definition) is 4. The summed E-state index contributed by atoms with van der Waals surface area (Å²) >= 11 is 0. The molecular weight excluding hydrogens is 152 g/mol. The molecule has 0 radical (unpaired) electrons.